The first-order chi connectivity index (χ1) is 8.60. The molecule has 1 rings (SSSR count). The van der Waals surface area contributed by atoms with Crippen LogP contribution in [-0.2, 0) is 9.53 Å². The van der Waals surface area contributed by atoms with Gasteiger partial charge in [-0.1, -0.05) is 6.92 Å². The number of amides is 1. The fourth-order valence-corrected chi connectivity index (χ4v) is 2.68. The molecule has 106 valence electrons. The molecule has 1 saturated carbocycles. The van der Waals surface area contributed by atoms with Gasteiger partial charge >= 0.3 is 0 Å². The lowest BCUT2D eigenvalue weighted by atomic mass is 9.77. The van der Waals surface area contributed by atoms with Crippen LogP contribution in [0.3, 0.4) is 0 Å². The molecule has 2 N–H and O–H groups in total. The number of carbonyl (C=O) groups is 1. The highest BCUT2D eigenvalue weighted by Gasteiger charge is 2.33. The Kier molecular flexibility index (Phi) is 6.65. The molecule has 4 nitrogen and oxygen atoms in total. The number of carbonyl (C=O) groups excluding carboxylic acids is 1. The molecule has 0 spiro atoms. The van der Waals surface area contributed by atoms with Gasteiger partial charge in [0.05, 0.1) is 6.61 Å². The predicted octanol–water partition coefficient (Wildman–Crippen LogP) is 1.63. The van der Waals surface area contributed by atoms with Crippen molar-refractivity contribution in [3.05, 3.63) is 0 Å². The summed E-state index contributed by atoms with van der Waals surface area (Å²) < 4.78 is 5.33. The number of rotatable bonds is 6. The summed E-state index contributed by atoms with van der Waals surface area (Å²) >= 11 is 0. The number of likely N-dealkylation sites (N-methyl/N-ethyl adjacent to an activating group) is 1. The van der Waals surface area contributed by atoms with Crippen LogP contribution in [0.15, 0.2) is 0 Å². The van der Waals surface area contributed by atoms with Crippen molar-refractivity contribution in [2.45, 2.75) is 46.1 Å². The molecule has 3 unspecified atom stereocenters. The van der Waals surface area contributed by atoms with Gasteiger partial charge in [-0.15, -0.1) is 0 Å². The van der Waals surface area contributed by atoms with E-state index in [2.05, 4.69) is 6.92 Å². The van der Waals surface area contributed by atoms with Crippen molar-refractivity contribution in [2.24, 2.45) is 17.6 Å². The average Bonchev–Trinajstić information content (AvgIpc) is 2.37. The Hall–Kier alpha value is -0.610. The van der Waals surface area contributed by atoms with Crippen LogP contribution < -0.4 is 5.73 Å². The Labute approximate surface area is 111 Å². The molecule has 1 aliphatic rings. The van der Waals surface area contributed by atoms with Crippen molar-refractivity contribution < 1.29 is 9.53 Å². The summed E-state index contributed by atoms with van der Waals surface area (Å²) in [4.78, 5) is 14.4. The van der Waals surface area contributed by atoms with Crippen LogP contribution in [0.2, 0.25) is 0 Å². The monoisotopic (exact) mass is 256 g/mol. The van der Waals surface area contributed by atoms with Crippen molar-refractivity contribution >= 4 is 5.91 Å². The molecule has 1 aliphatic carbocycles. The van der Waals surface area contributed by atoms with E-state index in [0.29, 0.717) is 25.7 Å². The quantitative estimate of drug-likeness (QED) is 0.735. The topological polar surface area (TPSA) is 55.6 Å². The van der Waals surface area contributed by atoms with Gasteiger partial charge < -0.3 is 15.4 Å². The summed E-state index contributed by atoms with van der Waals surface area (Å²) in [6.07, 6.45) is 2.96. The highest BCUT2D eigenvalue weighted by Crippen LogP contribution is 2.30. The van der Waals surface area contributed by atoms with E-state index in [9.17, 15) is 4.79 Å². The molecule has 0 saturated heterocycles. The minimum atomic E-state index is 0.107. The zero-order valence-corrected chi connectivity index (χ0v) is 12.0. The standard InChI is InChI=1S/C14H28N2O2/c1-4-16(8-9-18-5-2)14(17)13-10-12(15)7-6-11(13)3/h11-13H,4-10,15H2,1-3H3. The molecule has 0 aromatic heterocycles. The van der Waals surface area contributed by atoms with E-state index in [4.69, 9.17) is 10.5 Å². The van der Waals surface area contributed by atoms with Crippen molar-refractivity contribution in [1.29, 1.82) is 0 Å². The van der Waals surface area contributed by atoms with Crippen molar-refractivity contribution in [1.82, 2.24) is 4.90 Å². The van der Waals surface area contributed by atoms with Crippen LogP contribution in [0.1, 0.15) is 40.0 Å². The zero-order valence-electron chi connectivity index (χ0n) is 12.0. The normalized spacial score (nSPS) is 28.1. The third-order valence-electron chi connectivity index (χ3n) is 3.96. The number of hydrogen-bond donors (Lipinski definition) is 1. The van der Waals surface area contributed by atoms with Gasteiger partial charge in [-0.2, -0.15) is 0 Å². The Bertz CT molecular complexity index is 258. The molecule has 0 aromatic rings. The van der Waals surface area contributed by atoms with E-state index < -0.39 is 0 Å². The second-order valence-corrected chi connectivity index (χ2v) is 5.27. The van der Waals surface area contributed by atoms with Gasteiger partial charge in [-0.25, -0.2) is 0 Å². The Balaban J connectivity index is 2.53. The smallest absolute Gasteiger partial charge is 0.226 e. The summed E-state index contributed by atoms with van der Waals surface area (Å²) in [7, 11) is 0. The van der Waals surface area contributed by atoms with E-state index >= 15 is 0 Å². The van der Waals surface area contributed by atoms with Crippen molar-refractivity contribution in [3.8, 4) is 0 Å². The highest BCUT2D eigenvalue weighted by atomic mass is 16.5. The van der Waals surface area contributed by atoms with E-state index in [-0.39, 0.29) is 17.9 Å². The van der Waals surface area contributed by atoms with Crippen LogP contribution in [0.4, 0.5) is 0 Å². The molecular weight excluding hydrogens is 228 g/mol. The van der Waals surface area contributed by atoms with Crippen LogP contribution in [-0.4, -0.2) is 43.2 Å². The van der Waals surface area contributed by atoms with Crippen molar-refractivity contribution in [3.63, 3.8) is 0 Å². The molecule has 4 heteroatoms. The van der Waals surface area contributed by atoms with Gasteiger partial charge in [-0.05, 0) is 39.0 Å². The predicted molar refractivity (Wildman–Crippen MR) is 73.2 cm³/mol. The Morgan fingerprint density at radius 2 is 2.11 bits per heavy atom. The third-order valence-corrected chi connectivity index (χ3v) is 3.96. The minimum absolute atomic E-state index is 0.107. The van der Waals surface area contributed by atoms with Crippen LogP contribution in [0, 0.1) is 11.8 Å². The molecule has 0 bridgehead atoms. The average molecular weight is 256 g/mol. The van der Waals surface area contributed by atoms with Gasteiger partial charge in [0.15, 0.2) is 0 Å². The lowest BCUT2D eigenvalue weighted by Crippen LogP contribution is -2.44. The lowest BCUT2D eigenvalue weighted by Gasteiger charge is -2.35. The molecule has 0 aromatic carbocycles. The molecule has 1 fully saturated rings. The molecule has 1 amide bonds. The fraction of sp³-hybridized carbons (Fsp3) is 0.929. The van der Waals surface area contributed by atoms with Crippen LogP contribution in [0.5, 0.6) is 0 Å². The van der Waals surface area contributed by atoms with Gasteiger partial charge in [0, 0.05) is 31.7 Å². The van der Waals surface area contributed by atoms with E-state index in [0.717, 1.165) is 25.8 Å². The van der Waals surface area contributed by atoms with E-state index in [1.165, 1.54) is 0 Å². The maximum absolute atomic E-state index is 12.5. The Morgan fingerprint density at radius 1 is 1.39 bits per heavy atom. The summed E-state index contributed by atoms with van der Waals surface area (Å²) in [5.41, 5.74) is 5.99. The van der Waals surface area contributed by atoms with Gasteiger partial charge in [0.1, 0.15) is 0 Å². The fourth-order valence-electron chi connectivity index (χ4n) is 2.68. The maximum Gasteiger partial charge on any atom is 0.226 e. The maximum atomic E-state index is 12.5. The molecule has 0 aliphatic heterocycles. The highest BCUT2D eigenvalue weighted by molar-refractivity contribution is 5.79. The van der Waals surface area contributed by atoms with E-state index in [1.54, 1.807) is 0 Å². The third kappa shape index (κ3) is 4.25. The minimum Gasteiger partial charge on any atom is -0.380 e. The second kappa shape index (κ2) is 7.74. The lowest BCUT2D eigenvalue weighted by molar-refractivity contribution is -0.139. The summed E-state index contributed by atoms with van der Waals surface area (Å²) in [6, 6.07) is 0.195. The van der Waals surface area contributed by atoms with Gasteiger partial charge in [0.25, 0.3) is 0 Å². The number of hydrogen-bond acceptors (Lipinski definition) is 3. The molecule has 18 heavy (non-hydrogen) atoms. The first-order valence-corrected chi connectivity index (χ1v) is 7.22. The SMILES string of the molecule is CCOCCN(CC)C(=O)C1CC(N)CCC1C. The molecule has 0 radical (unpaired) electrons. The second-order valence-electron chi connectivity index (χ2n) is 5.27. The summed E-state index contributed by atoms with van der Waals surface area (Å²) in [5.74, 6) is 0.827. The van der Waals surface area contributed by atoms with Gasteiger partial charge in [-0.3, -0.25) is 4.79 Å². The number of nitrogens with zero attached hydrogens (tertiary/aromatic N) is 1. The summed E-state index contributed by atoms with van der Waals surface area (Å²) in [5, 5.41) is 0. The Morgan fingerprint density at radius 3 is 2.72 bits per heavy atom. The molecule has 0 heterocycles. The zero-order chi connectivity index (χ0) is 13.5. The van der Waals surface area contributed by atoms with Crippen molar-refractivity contribution in [2.75, 3.05) is 26.3 Å². The number of ether oxygens (including phenoxy) is 1. The summed E-state index contributed by atoms with van der Waals surface area (Å²) in [6.45, 7) is 8.95. The first-order valence-electron chi connectivity index (χ1n) is 7.22. The molecular formula is C14H28N2O2. The van der Waals surface area contributed by atoms with Gasteiger partial charge in [0.2, 0.25) is 5.91 Å². The number of nitrogens with two attached hydrogens (primary N) is 1. The van der Waals surface area contributed by atoms with Crippen LogP contribution >= 0.6 is 0 Å². The van der Waals surface area contributed by atoms with Crippen LogP contribution in [0.25, 0.3) is 0 Å². The molecule has 3 atom stereocenters. The first kappa shape index (κ1) is 15.4. The largest absolute Gasteiger partial charge is 0.380 e. The van der Waals surface area contributed by atoms with E-state index in [1.807, 2.05) is 18.7 Å².